The maximum atomic E-state index is 12.1. The number of alkyl halides is 3. The summed E-state index contributed by atoms with van der Waals surface area (Å²) >= 11 is 0. The van der Waals surface area contributed by atoms with E-state index in [0.29, 0.717) is 12.4 Å². The van der Waals surface area contributed by atoms with E-state index < -0.39 is 18.6 Å². The third-order valence-corrected chi connectivity index (χ3v) is 2.20. The number of nitrogens with one attached hydrogen (secondary N) is 1. The molecule has 0 aromatic carbocycles. The molecule has 1 heterocycles. The predicted molar refractivity (Wildman–Crippen MR) is 57.8 cm³/mol. The van der Waals surface area contributed by atoms with Crippen molar-refractivity contribution in [1.29, 1.82) is 0 Å². The van der Waals surface area contributed by atoms with Gasteiger partial charge in [0, 0.05) is 24.8 Å². The van der Waals surface area contributed by atoms with Crippen molar-refractivity contribution < 1.29 is 17.9 Å². The molecule has 0 aliphatic carbocycles. The van der Waals surface area contributed by atoms with Crippen molar-refractivity contribution in [3.63, 3.8) is 0 Å². The number of hydrogen-bond donors (Lipinski definition) is 1. The van der Waals surface area contributed by atoms with E-state index >= 15 is 0 Å². The molecule has 96 valence electrons. The highest BCUT2D eigenvalue weighted by molar-refractivity contribution is 5.17. The first-order valence-corrected chi connectivity index (χ1v) is 5.20. The van der Waals surface area contributed by atoms with Crippen LogP contribution < -0.4 is 10.1 Å². The summed E-state index contributed by atoms with van der Waals surface area (Å²) in [6.45, 7) is 1.86. The fraction of sp³-hybridized carbons (Fsp3) is 0.545. The average Bonchev–Trinajstić information content (AvgIpc) is 2.25. The minimum absolute atomic E-state index is 0.355. The summed E-state index contributed by atoms with van der Waals surface area (Å²) in [5.74, 6) is 0.483. The fourth-order valence-corrected chi connectivity index (χ4v) is 1.35. The maximum Gasteiger partial charge on any atom is 0.390 e. The summed E-state index contributed by atoms with van der Waals surface area (Å²) < 4.78 is 41.1. The molecular weight excluding hydrogens is 233 g/mol. The van der Waals surface area contributed by atoms with Gasteiger partial charge in [0.25, 0.3) is 0 Å². The van der Waals surface area contributed by atoms with Gasteiger partial charge in [-0.25, -0.2) is 4.98 Å². The number of methoxy groups -OCH3 is 1. The zero-order valence-corrected chi connectivity index (χ0v) is 9.71. The van der Waals surface area contributed by atoms with Crippen LogP contribution in [0, 0.1) is 0 Å². The van der Waals surface area contributed by atoms with E-state index in [2.05, 4.69) is 10.3 Å². The normalized spacial score (nSPS) is 13.5. The van der Waals surface area contributed by atoms with Gasteiger partial charge in [0.05, 0.1) is 13.5 Å². The van der Waals surface area contributed by atoms with Gasteiger partial charge in [-0.05, 0) is 12.5 Å². The molecule has 3 nitrogen and oxygen atoms in total. The van der Waals surface area contributed by atoms with Gasteiger partial charge in [0.1, 0.15) is 0 Å². The molecule has 1 N–H and O–H groups in total. The first-order chi connectivity index (χ1) is 7.90. The van der Waals surface area contributed by atoms with Crippen LogP contribution in [0.5, 0.6) is 5.88 Å². The third-order valence-electron chi connectivity index (χ3n) is 2.20. The topological polar surface area (TPSA) is 34.1 Å². The van der Waals surface area contributed by atoms with Crippen LogP contribution >= 0.6 is 0 Å². The number of hydrogen-bond acceptors (Lipinski definition) is 3. The highest BCUT2D eigenvalue weighted by Crippen LogP contribution is 2.21. The minimum Gasteiger partial charge on any atom is -0.481 e. The van der Waals surface area contributed by atoms with Crippen LogP contribution in [0.25, 0.3) is 0 Å². The molecule has 0 amide bonds. The Hall–Kier alpha value is -1.30. The van der Waals surface area contributed by atoms with Crippen molar-refractivity contribution in [2.24, 2.45) is 0 Å². The van der Waals surface area contributed by atoms with E-state index in [1.165, 1.54) is 14.0 Å². The first-order valence-electron chi connectivity index (χ1n) is 5.20. The van der Waals surface area contributed by atoms with Crippen molar-refractivity contribution in [3.8, 4) is 5.88 Å². The largest absolute Gasteiger partial charge is 0.481 e. The van der Waals surface area contributed by atoms with Crippen LogP contribution in [0.15, 0.2) is 18.3 Å². The second-order valence-corrected chi connectivity index (χ2v) is 3.81. The van der Waals surface area contributed by atoms with Gasteiger partial charge in [-0.2, -0.15) is 13.2 Å². The third kappa shape index (κ3) is 5.53. The van der Waals surface area contributed by atoms with Gasteiger partial charge in [0.2, 0.25) is 5.88 Å². The number of ether oxygens (including phenoxy) is 1. The number of pyridine rings is 1. The van der Waals surface area contributed by atoms with Gasteiger partial charge >= 0.3 is 6.18 Å². The van der Waals surface area contributed by atoms with Crippen LogP contribution in [0.4, 0.5) is 13.2 Å². The van der Waals surface area contributed by atoms with Crippen molar-refractivity contribution in [2.45, 2.75) is 32.1 Å². The number of nitrogens with zero attached hydrogens (tertiary/aromatic N) is 1. The molecule has 0 spiro atoms. The highest BCUT2D eigenvalue weighted by Gasteiger charge is 2.29. The summed E-state index contributed by atoms with van der Waals surface area (Å²) in [4.78, 5) is 3.97. The van der Waals surface area contributed by atoms with Crippen molar-refractivity contribution in [1.82, 2.24) is 10.3 Å². The van der Waals surface area contributed by atoms with Crippen LogP contribution in [-0.4, -0.2) is 24.3 Å². The lowest BCUT2D eigenvalue weighted by Crippen LogP contribution is -2.30. The average molecular weight is 248 g/mol. The monoisotopic (exact) mass is 248 g/mol. The SMILES string of the molecule is COc1ccc(CNC(C)CC(F)(F)F)cn1. The molecule has 1 atom stereocenters. The molecule has 0 saturated carbocycles. The number of rotatable bonds is 5. The van der Waals surface area contributed by atoms with E-state index in [4.69, 9.17) is 4.74 Å². The summed E-state index contributed by atoms with van der Waals surface area (Å²) in [5, 5.41) is 2.79. The lowest BCUT2D eigenvalue weighted by molar-refractivity contribution is -0.139. The standard InChI is InChI=1S/C11H15F3N2O/c1-8(5-11(12,13)14)15-6-9-3-4-10(17-2)16-7-9/h3-4,7-8,15H,5-6H2,1-2H3. The Labute approximate surface area is 98.0 Å². The molecule has 1 rings (SSSR count). The number of halogens is 3. The van der Waals surface area contributed by atoms with Crippen LogP contribution in [0.3, 0.4) is 0 Å². The predicted octanol–water partition coefficient (Wildman–Crippen LogP) is 2.52. The van der Waals surface area contributed by atoms with E-state index in [0.717, 1.165) is 5.56 Å². The Morgan fingerprint density at radius 1 is 1.41 bits per heavy atom. The maximum absolute atomic E-state index is 12.1. The molecule has 6 heteroatoms. The molecule has 1 aromatic heterocycles. The quantitative estimate of drug-likeness (QED) is 0.869. The second-order valence-electron chi connectivity index (χ2n) is 3.81. The zero-order valence-electron chi connectivity index (χ0n) is 9.71. The minimum atomic E-state index is -4.13. The van der Waals surface area contributed by atoms with Gasteiger partial charge in [-0.1, -0.05) is 6.07 Å². The summed E-state index contributed by atoms with van der Waals surface area (Å²) in [6.07, 6.45) is -3.40. The van der Waals surface area contributed by atoms with Crippen LogP contribution in [0.1, 0.15) is 18.9 Å². The van der Waals surface area contributed by atoms with Crippen LogP contribution in [-0.2, 0) is 6.54 Å². The molecule has 17 heavy (non-hydrogen) atoms. The Morgan fingerprint density at radius 3 is 2.59 bits per heavy atom. The molecule has 0 aliphatic rings. The molecule has 0 bridgehead atoms. The summed E-state index contributed by atoms with van der Waals surface area (Å²) in [6, 6.07) is 2.82. The lowest BCUT2D eigenvalue weighted by atomic mass is 10.2. The molecular formula is C11H15F3N2O. The van der Waals surface area contributed by atoms with Gasteiger partial charge < -0.3 is 10.1 Å². The van der Waals surface area contributed by atoms with Crippen molar-refractivity contribution in [2.75, 3.05) is 7.11 Å². The molecule has 0 radical (unpaired) electrons. The smallest absolute Gasteiger partial charge is 0.390 e. The van der Waals surface area contributed by atoms with Crippen molar-refractivity contribution >= 4 is 0 Å². The van der Waals surface area contributed by atoms with Crippen LogP contribution in [0.2, 0.25) is 0 Å². The van der Waals surface area contributed by atoms with E-state index in [9.17, 15) is 13.2 Å². The molecule has 0 fully saturated rings. The van der Waals surface area contributed by atoms with E-state index in [1.807, 2.05) is 0 Å². The van der Waals surface area contributed by atoms with Crippen molar-refractivity contribution in [3.05, 3.63) is 23.9 Å². The highest BCUT2D eigenvalue weighted by atomic mass is 19.4. The summed E-state index contributed by atoms with van der Waals surface area (Å²) in [5.41, 5.74) is 0.819. The Balaban J connectivity index is 2.39. The Morgan fingerprint density at radius 2 is 2.12 bits per heavy atom. The Bertz CT molecular complexity index is 338. The van der Waals surface area contributed by atoms with Gasteiger partial charge in [0.15, 0.2) is 0 Å². The lowest BCUT2D eigenvalue weighted by Gasteiger charge is -2.15. The van der Waals surface area contributed by atoms with E-state index in [1.54, 1.807) is 18.3 Å². The zero-order chi connectivity index (χ0) is 12.9. The fourth-order valence-electron chi connectivity index (χ4n) is 1.35. The Kier molecular flexibility index (Phi) is 4.74. The van der Waals surface area contributed by atoms with E-state index in [-0.39, 0.29) is 0 Å². The van der Waals surface area contributed by atoms with Gasteiger partial charge in [-0.3, -0.25) is 0 Å². The molecule has 1 aromatic rings. The summed E-state index contributed by atoms with van der Waals surface area (Å²) in [7, 11) is 1.51. The first kappa shape index (κ1) is 13.8. The molecule has 0 saturated heterocycles. The molecule has 1 unspecified atom stereocenters. The van der Waals surface area contributed by atoms with Gasteiger partial charge in [-0.15, -0.1) is 0 Å². The number of aromatic nitrogens is 1. The second kappa shape index (κ2) is 5.86. The molecule has 0 aliphatic heterocycles.